The summed E-state index contributed by atoms with van der Waals surface area (Å²) >= 11 is 0. The molecule has 1 aromatic rings. The first-order valence-electron chi connectivity index (χ1n) is 6.80. The van der Waals surface area contributed by atoms with E-state index in [0.717, 1.165) is 45.0 Å². The van der Waals surface area contributed by atoms with E-state index < -0.39 is 0 Å². The van der Waals surface area contributed by atoms with Crippen LogP contribution in [-0.2, 0) is 4.79 Å². The maximum absolute atomic E-state index is 11.9. The SMILES string of the molecule is CCCNCC(=O)N1CCN(c2cnccn2)CC1. The Morgan fingerprint density at radius 3 is 2.74 bits per heavy atom. The topological polar surface area (TPSA) is 61.4 Å². The van der Waals surface area contributed by atoms with Crippen molar-refractivity contribution in [2.45, 2.75) is 13.3 Å². The van der Waals surface area contributed by atoms with Crippen molar-refractivity contribution < 1.29 is 4.79 Å². The minimum absolute atomic E-state index is 0.187. The molecule has 0 bridgehead atoms. The Hall–Kier alpha value is -1.69. The predicted molar refractivity (Wildman–Crippen MR) is 74.0 cm³/mol. The molecule has 0 aliphatic carbocycles. The highest BCUT2D eigenvalue weighted by Crippen LogP contribution is 2.11. The number of hydrogen-bond acceptors (Lipinski definition) is 5. The summed E-state index contributed by atoms with van der Waals surface area (Å²) in [5.41, 5.74) is 0. The highest BCUT2D eigenvalue weighted by Gasteiger charge is 2.21. The van der Waals surface area contributed by atoms with Gasteiger partial charge in [-0.2, -0.15) is 0 Å². The van der Waals surface area contributed by atoms with Gasteiger partial charge in [0.2, 0.25) is 5.91 Å². The van der Waals surface area contributed by atoms with Crippen molar-refractivity contribution in [2.75, 3.05) is 44.2 Å². The molecule has 19 heavy (non-hydrogen) atoms. The average molecular weight is 263 g/mol. The molecular weight excluding hydrogens is 242 g/mol. The molecular formula is C13H21N5O. The van der Waals surface area contributed by atoms with Crippen LogP contribution < -0.4 is 10.2 Å². The standard InChI is InChI=1S/C13H21N5O/c1-2-3-14-11-13(19)18-8-6-17(7-9-18)12-10-15-4-5-16-12/h4-5,10,14H,2-3,6-9,11H2,1H3. The maximum atomic E-state index is 11.9. The number of carbonyl (C=O) groups excluding carboxylic acids is 1. The number of nitrogens with one attached hydrogen (secondary N) is 1. The van der Waals surface area contributed by atoms with E-state index in [9.17, 15) is 4.79 Å². The van der Waals surface area contributed by atoms with Gasteiger partial charge in [-0.1, -0.05) is 6.92 Å². The number of amides is 1. The van der Waals surface area contributed by atoms with Crippen LogP contribution in [0.5, 0.6) is 0 Å². The zero-order chi connectivity index (χ0) is 13.5. The zero-order valence-electron chi connectivity index (χ0n) is 11.4. The molecule has 2 heterocycles. The van der Waals surface area contributed by atoms with Crippen molar-refractivity contribution in [3.05, 3.63) is 18.6 Å². The van der Waals surface area contributed by atoms with E-state index in [1.54, 1.807) is 18.6 Å². The van der Waals surface area contributed by atoms with Crippen molar-refractivity contribution in [3.8, 4) is 0 Å². The van der Waals surface area contributed by atoms with Crippen molar-refractivity contribution in [1.82, 2.24) is 20.2 Å². The number of nitrogens with zero attached hydrogens (tertiary/aromatic N) is 4. The number of anilines is 1. The fourth-order valence-corrected chi connectivity index (χ4v) is 2.12. The van der Waals surface area contributed by atoms with Crippen molar-refractivity contribution in [1.29, 1.82) is 0 Å². The summed E-state index contributed by atoms with van der Waals surface area (Å²) in [6.07, 6.45) is 6.18. The third-order valence-electron chi connectivity index (χ3n) is 3.21. The summed E-state index contributed by atoms with van der Waals surface area (Å²) in [4.78, 5) is 24.4. The molecule has 2 rings (SSSR count). The van der Waals surface area contributed by atoms with Crippen molar-refractivity contribution in [2.24, 2.45) is 0 Å². The molecule has 1 aromatic heterocycles. The molecule has 0 spiro atoms. The molecule has 1 fully saturated rings. The lowest BCUT2D eigenvalue weighted by Crippen LogP contribution is -2.51. The van der Waals surface area contributed by atoms with Gasteiger partial charge in [0, 0.05) is 38.6 Å². The van der Waals surface area contributed by atoms with Crippen LogP contribution in [0.1, 0.15) is 13.3 Å². The van der Waals surface area contributed by atoms with Gasteiger partial charge < -0.3 is 15.1 Å². The van der Waals surface area contributed by atoms with Gasteiger partial charge >= 0.3 is 0 Å². The minimum Gasteiger partial charge on any atom is -0.352 e. The molecule has 1 aliphatic heterocycles. The van der Waals surface area contributed by atoms with Crippen LogP contribution in [0.25, 0.3) is 0 Å². The fourth-order valence-electron chi connectivity index (χ4n) is 2.12. The van der Waals surface area contributed by atoms with E-state index in [1.165, 1.54) is 0 Å². The molecule has 0 atom stereocenters. The molecule has 0 unspecified atom stereocenters. The van der Waals surface area contributed by atoms with Gasteiger partial charge in [-0.3, -0.25) is 9.78 Å². The van der Waals surface area contributed by atoms with E-state index in [1.807, 2.05) is 4.90 Å². The van der Waals surface area contributed by atoms with Gasteiger partial charge in [0.25, 0.3) is 0 Å². The van der Waals surface area contributed by atoms with Gasteiger partial charge in [0.05, 0.1) is 12.7 Å². The smallest absolute Gasteiger partial charge is 0.236 e. The second-order valence-corrected chi connectivity index (χ2v) is 4.61. The van der Waals surface area contributed by atoms with Crippen molar-refractivity contribution >= 4 is 11.7 Å². The lowest BCUT2D eigenvalue weighted by molar-refractivity contribution is -0.130. The lowest BCUT2D eigenvalue weighted by Gasteiger charge is -2.35. The number of carbonyl (C=O) groups is 1. The molecule has 1 N–H and O–H groups in total. The van der Waals surface area contributed by atoms with Gasteiger partial charge in [0.15, 0.2) is 0 Å². The van der Waals surface area contributed by atoms with E-state index in [4.69, 9.17) is 0 Å². The Labute approximate surface area is 113 Å². The summed E-state index contributed by atoms with van der Waals surface area (Å²) in [7, 11) is 0. The summed E-state index contributed by atoms with van der Waals surface area (Å²) in [6, 6.07) is 0. The summed E-state index contributed by atoms with van der Waals surface area (Å²) in [6.45, 7) is 6.57. The largest absolute Gasteiger partial charge is 0.352 e. The molecule has 6 heteroatoms. The molecule has 1 saturated heterocycles. The zero-order valence-corrected chi connectivity index (χ0v) is 11.4. The van der Waals surface area contributed by atoms with Gasteiger partial charge in [-0.15, -0.1) is 0 Å². The highest BCUT2D eigenvalue weighted by molar-refractivity contribution is 5.78. The van der Waals surface area contributed by atoms with Crippen LogP contribution in [0.2, 0.25) is 0 Å². The van der Waals surface area contributed by atoms with Gasteiger partial charge in [-0.25, -0.2) is 4.98 Å². The highest BCUT2D eigenvalue weighted by atomic mass is 16.2. The van der Waals surface area contributed by atoms with Crippen molar-refractivity contribution in [3.63, 3.8) is 0 Å². The maximum Gasteiger partial charge on any atom is 0.236 e. The van der Waals surface area contributed by atoms with E-state index >= 15 is 0 Å². The van der Waals surface area contributed by atoms with Crippen LogP contribution in [0.15, 0.2) is 18.6 Å². The Bertz CT molecular complexity index is 389. The third kappa shape index (κ3) is 3.89. The molecule has 1 aliphatic rings. The first-order chi connectivity index (χ1) is 9.31. The van der Waals surface area contributed by atoms with Crippen LogP contribution in [0, 0.1) is 0 Å². The Morgan fingerprint density at radius 2 is 2.11 bits per heavy atom. The molecule has 104 valence electrons. The van der Waals surface area contributed by atoms with Crippen LogP contribution >= 0.6 is 0 Å². The summed E-state index contributed by atoms with van der Waals surface area (Å²) in [5, 5.41) is 3.15. The molecule has 1 amide bonds. The monoisotopic (exact) mass is 263 g/mol. The second kappa shape index (κ2) is 7.04. The van der Waals surface area contributed by atoms with Gasteiger partial charge in [0.1, 0.15) is 5.82 Å². The number of aromatic nitrogens is 2. The number of rotatable bonds is 5. The predicted octanol–water partition coefficient (Wildman–Crippen LogP) is 0.125. The van der Waals surface area contributed by atoms with Crippen LogP contribution in [0.4, 0.5) is 5.82 Å². The Kier molecular flexibility index (Phi) is 5.09. The Balaban J connectivity index is 1.77. The summed E-state index contributed by atoms with van der Waals surface area (Å²) in [5.74, 6) is 1.07. The van der Waals surface area contributed by atoms with Crippen LogP contribution in [0.3, 0.4) is 0 Å². The van der Waals surface area contributed by atoms with Gasteiger partial charge in [-0.05, 0) is 13.0 Å². The molecule has 6 nitrogen and oxygen atoms in total. The van der Waals surface area contributed by atoms with E-state index in [-0.39, 0.29) is 5.91 Å². The fraction of sp³-hybridized carbons (Fsp3) is 0.615. The normalized spacial score (nSPS) is 15.6. The van der Waals surface area contributed by atoms with E-state index in [0.29, 0.717) is 6.54 Å². The first kappa shape index (κ1) is 13.7. The van der Waals surface area contributed by atoms with Crippen LogP contribution in [-0.4, -0.2) is 60.0 Å². The molecule has 0 aromatic carbocycles. The molecule has 0 saturated carbocycles. The third-order valence-corrected chi connectivity index (χ3v) is 3.21. The first-order valence-corrected chi connectivity index (χ1v) is 6.80. The lowest BCUT2D eigenvalue weighted by atomic mass is 10.3. The quantitative estimate of drug-likeness (QED) is 0.765. The molecule has 0 radical (unpaired) electrons. The minimum atomic E-state index is 0.187. The number of hydrogen-bond donors (Lipinski definition) is 1. The summed E-state index contributed by atoms with van der Waals surface area (Å²) < 4.78 is 0. The number of piperazine rings is 1. The second-order valence-electron chi connectivity index (χ2n) is 4.61. The average Bonchev–Trinajstić information content (AvgIpc) is 2.48. The van der Waals surface area contributed by atoms with E-state index in [2.05, 4.69) is 27.1 Å². The Morgan fingerprint density at radius 1 is 1.32 bits per heavy atom.